The lowest BCUT2D eigenvalue weighted by Crippen LogP contribution is -2.53. The van der Waals surface area contributed by atoms with Gasteiger partial charge in [0.1, 0.15) is 11.9 Å². The predicted molar refractivity (Wildman–Crippen MR) is 125 cm³/mol. The van der Waals surface area contributed by atoms with Gasteiger partial charge in [-0.15, -0.1) is 0 Å². The van der Waals surface area contributed by atoms with Crippen molar-refractivity contribution in [3.8, 4) is 5.75 Å². The average Bonchev–Trinajstić information content (AvgIpc) is 3.36. The molecule has 2 saturated heterocycles. The summed E-state index contributed by atoms with van der Waals surface area (Å²) >= 11 is 0. The Morgan fingerprint density at radius 3 is 2.71 bits per heavy atom. The van der Waals surface area contributed by atoms with Gasteiger partial charge in [-0.1, -0.05) is 26.0 Å². The van der Waals surface area contributed by atoms with Crippen LogP contribution in [0.4, 0.5) is 0 Å². The molecule has 3 unspecified atom stereocenters. The Morgan fingerprint density at radius 2 is 2.03 bits per heavy atom. The van der Waals surface area contributed by atoms with Gasteiger partial charge < -0.3 is 24.4 Å². The van der Waals surface area contributed by atoms with Crippen LogP contribution in [0.25, 0.3) is 0 Å². The van der Waals surface area contributed by atoms with Crippen molar-refractivity contribution in [1.82, 2.24) is 15.1 Å². The first-order valence-corrected chi connectivity index (χ1v) is 11.8. The summed E-state index contributed by atoms with van der Waals surface area (Å²) in [6.45, 7) is 13.3. The molecule has 3 atom stereocenters. The third kappa shape index (κ3) is 6.34. The van der Waals surface area contributed by atoms with Gasteiger partial charge in [-0.3, -0.25) is 9.89 Å². The monoisotopic (exact) mass is 432 g/mol. The molecule has 0 amide bonds. The highest BCUT2D eigenvalue weighted by molar-refractivity contribution is 5.80. The number of nitrogens with one attached hydrogen (secondary N) is 1. The van der Waals surface area contributed by atoms with Crippen molar-refractivity contribution in [2.75, 3.05) is 59.6 Å². The second kappa shape index (κ2) is 12.3. The maximum Gasteiger partial charge on any atom is 0.194 e. The molecule has 0 saturated carbocycles. The van der Waals surface area contributed by atoms with Crippen LogP contribution in [0.2, 0.25) is 0 Å². The van der Waals surface area contributed by atoms with Gasteiger partial charge in [0.2, 0.25) is 0 Å². The highest BCUT2D eigenvalue weighted by Crippen LogP contribution is 2.25. The summed E-state index contributed by atoms with van der Waals surface area (Å²) < 4.78 is 17.4. The van der Waals surface area contributed by atoms with Crippen molar-refractivity contribution in [3.63, 3.8) is 0 Å². The van der Waals surface area contributed by atoms with Crippen LogP contribution in [0.3, 0.4) is 0 Å². The largest absolute Gasteiger partial charge is 0.497 e. The molecule has 1 aromatic carbocycles. The van der Waals surface area contributed by atoms with Crippen molar-refractivity contribution >= 4 is 5.96 Å². The molecule has 0 spiro atoms. The van der Waals surface area contributed by atoms with E-state index in [0.29, 0.717) is 13.2 Å². The van der Waals surface area contributed by atoms with Crippen LogP contribution in [-0.4, -0.2) is 87.6 Å². The number of nitrogens with zero attached hydrogens (tertiary/aromatic N) is 3. The van der Waals surface area contributed by atoms with E-state index in [2.05, 4.69) is 54.1 Å². The molecular weight excluding hydrogens is 392 g/mol. The maximum atomic E-state index is 6.04. The van der Waals surface area contributed by atoms with Crippen LogP contribution in [0.5, 0.6) is 5.75 Å². The van der Waals surface area contributed by atoms with Gasteiger partial charge in [-0.2, -0.15) is 0 Å². The number of likely N-dealkylation sites (N-methyl/N-ethyl adjacent to an activating group) is 1. The number of rotatable bonds is 9. The minimum Gasteiger partial charge on any atom is -0.497 e. The van der Waals surface area contributed by atoms with Crippen LogP contribution in [0.1, 0.15) is 45.2 Å². The zero-order valence-electron chi connectivity index (χ0n) is 19.7. The molecule has 3 rings (SSSR count). The average molecular weight is 433 g/mol. The molecular formula is C24H40N4O3. The van der Waals surface area contributed by atoms with E-state index in [-0.39, 0.29) is 18.2 Å². The Balaban J connectivity index is 1.77. The normalized spacial score (nSPS) is 23.3. The smallest absolute Gasteiger partial charge is 0.194 e. The van der Waals surface area contributed by atoms with Crippen LogP contribution < -0.4 is 10.1 Å². The fraction of sp³-hybridized carbons (Fsp3) is 0.708. The summed E-state index contributed by atoms with van der Waals surface area (Å²) in [5, 5.41) is 3.50. The van der Waals surface area contributed by atoms with Gasteiger partial charge in [-0.25, -0.2) is 0 Å². The fourth-order valence-corrected chi connectivity index (χ4v) is 4.53. The minimum atomic E-state index is 0.122. The highest BCUT2D eigenvalue weighted by atomic mass is 16.5. The van der Waals surface area contributed by atoms with Crippen LogP contribution >= 0.6 is 0 Å². The molecule has 1 N–H and O–H groups in total. The molecule has 2 aliphatic rings. The number of guanidine groups is 1. The molecule has 0 bridgehead atoms. The minimum absolute atomic E-state index is 0.122. The van der Waals surface area contributed by atoms with E-state index >= 15 is 0 Å². The molecule has 0 aromatic heterocycles. The Bertz CT molecular complexity index is 689. The van der Waals surface area contributed by atoms with E-state index in [1.54, 1.807) is 7.11 Å². The molecule has 7 nitrogen and oxygen atoms in total. The number of benzene rings is 1. The van der Waals surface area contributed by atoms with Gasteiger partial charge in [0.05, 0.1) is 32.4 Å². The lowest BCUT2D eigenvalue weighted by Gasteiger charge is -2.37. The molecule has 2 heterocycles. The molecule has 0 radical (unpaired) electrons. The first-order valence-electron chi connectivity index (χ1n) is 11.8. The quantitative estimate of drug-likeness (QED) is 0.478. The summed E-state index contributed by atoms with van der Waals surface area (Å²) in [6, 6.07) is 8.57. The van der Waals surface area contributed by atoms with Crippen molar-refractivity contribution in [2.45, 2.75) is 51.9 Å². The van der Waals surface area contributed by atoms with Crippen LogP contribution in [0.15, 0.2) is 29.3 Å². The van der Waals surface area contributed by atoms with Gasteiger partial charge in [-0.05, 0) is 50.6 Å². The van der Waals surface area contributed by atoms with Crippen LogP contribution in [0, 0.1) is 0 Å². The van der Waals surface area contributed by atoms with Crippen LogP contribution in [-0.2, 0) is 9.47 Å². The topological polar surface area (TPSA) is 58.6 Å². The number of aliphatic imine (C=N–C) groups is 1. The molecule has 2 fully saturated rings. The van der Waals surface area contributed by atoms with E-state index in [9.17, 15) is 0 Å². The summed E-state index contributed by atoms with van der Waals surface area (Å²) in [5.41, 5.74) is 1.24. The standard InChI is InChI=1S/C24H40N4O3/c1-5-25-24(28-13-15-31-23(18-28)22-12-9-14-30-22)26-17-21(27(6-2)7-3)19-10-8-11-20(16-19)29-4/h8,10-11,16,21-23H,5-7,9,12-15,17-18H2,1-4H3,(H,25,26). The number of hydrogen-bond acceptors (Lipinski definition) is 5. The van der Waals surface area contributed by atoms with E-state index in [4.69, 9.17) is 19.2 Å². The number of ether oxygens (including phenoxy) is 3. The van der Waals surface area contributed by atoms with Gasteiger partial charge in [0, 0.05) is 26.2 Å². The first kappa shape index (κ1) is 23.8. The molecule has 1 aromatic rings. The van der Waals surface area contributed by atoms with E-state index < -0.39 is 0 Å². The lowest BCUT2D eigenvalue weighted by atomic mass is 10.0. The maximum absolute atomic E-state index is 6.04. The molecule has 174 valence electrons. The van der Waals surface area contributed by atoms with Gasteiger partial charge in [0.15, 0.2) is 5.96 Å². The number of hydrogen-bond donors (Lipinski definition) is 1. The van der Waals surface area contributed by atoms with E-state index in [0.717, 1.165) is 63.9 Å². The fourth-order valence-electron chi connectivity index (χ4n) is 4.53. The van der Waals surface area contributed by atoms with Crippen molar-refractivity contribution in [2.24, 2.45) is 4.99 Å². The molecule has 2 aliphatic heterocycles. The third-order valence-corrected chi connectivity index (χ3v) is 6.25. The Morgan fingerprint density at radius 1 is 1.23 bits per heavy atom. The zero-order valence-corrected chi connectivity index (χ0v) is 19.7. The van der Waals surface area contributed by atoms with E-state index in [1.165, 1.54) is 5.56 Å². The second-order valence-electron chi connectivity index (χ2n) is 8.11. The van der Waals surface area contributed by atoms with Gasteiger partial charge in [0.25, 0.3) is 0 Å². The summed E-state index contributed by atoms with van der Waals surface area (Å²) in [5.74, 6) is 1.85. The summed E-state index contributed by atoms with van der Waals surface area (Å²) in [4.78, 5) is 9.89. The molecule has 31 heavy (non-hydrogen) atoms. The van der Waals surface area contributed by atoms with Crippen molar-refractivity contribution < 1.29 is 14.2 Å². The Hall–Kier alpha value is -1.83. The van der Waals surface area contributed by atoms with Crippen molar-refractivity contribution in [3.05, 3.63) is 29.8 Å². The number of morpholine rings is 1. The predicted octanol–water partition coefficient (Wildman–Crippen LogP) is 2.92. The molecule has 0 aliphatic carbocycles. The van der Waals surface area contributed by atoms with Crippen molar-refractivity contribution in [1.29, 1.82) is 0 Å². The summed E-state index contributed by atoms with van der Waals surface area (Å²) in [7, 11) is 1.72. The second-order valence-corrected chi connectivity index (χ2v) is 8.11. The zero-order chi connectivity index (χ0) is 22.1. The lowest BCUT2D eigenvalue weighted by molar-refractivity contribution is -0.0817. The molecule has 7 heteroatoms. The third-order valence-electron chi connectivity index (χ3n) is 6.25. The first-order chi connectivity index (χ1) is 15.2. The summed E-state index contributed by atoms with van der Waals surface area (Å²) in [6.07, 6.45) is 2.56. The van der Waals surface area contributed by atoms with E-state index in [1.807, 2.05) is 6.07 Å². The number of methoxy groups -OCH3 is 1. The Kier molecular flexibility index (Phi) is 9.43. The SMILES string of the molecule is CCNC(=NCC(c1cccc(OC)c1)N(CC)CC)N1CCOC(C2CCCO2)C1. The Labute approximate surface area is 187 Å². The highest BCUT2D eigenvalue weighted by Gasteiger charge is 2.32. The van der Waals surface area contributed by atoms with Gasteiger partial charge >= 0.3 is 0 Å².